The molecule has 0 aliphatic heterocycles. The molecular weight excluding hydrogens is 128 g/mol. The van der Waals surface area contributed by atoms with Crippen molar-refractivity contribution in [2.75, 3.05) is 0 Å². The highest BCUT2D eigenvalue weighted by Gasteiger charge is 2.48. The second kappa shape index (κ2) is 1.97. The molecule has 2 rings (SSSR count). The molecule has 0 spiro atoms. The molecule has 2 unspecified atom stereocenters. The molecule has 10 heavy (non-hydrogen) atoms. The summed E-state index contributed by atoms with van der Waals surface area (Å²) < 4.78 is 0. The smallest absolute Gasteiger partial charge is 0.306 e. The third-order valence-electron chi connectivity index (χ3n) is 2.91. The molecule has 2 heteroatoms. The van der Waals surface area contributed by atoms with Crippen molar-refractivity contribution in [1.82, 2.24) is 0 Å². The number of hydrogen-bond donors (Lipinski definition) is 1. The van der Waals surface area contributed by atoms with Crippen molar-refractivity contribution in [2.45, 2.75) is 25.7 Å². The van der Waals surface area contributed by atoms with Gasteiger partial charge in [0.1, 0.15) is 0 Å². The zero-order chi connectivity index (χ0) is 7.14. The van der Waals surface area contributed by atoms with E-state index in [4.69, 9.17) is 5.11 Å². The summed E-state index contributed by atoms with van der Waals surface area (Å²) in [5.41, 5.74) is 0. The van der Waals surface area contributed by atoms with Crippen LogP contribution in [-0.2, 0) is 4.79 Å². The standard InChI is InChI=1S/C8H12O2/c9-8(10)7-4-6(7)5-2-1-3-5/h5-7H,1-4H2,(H,9,10). The van der Waals surface area contributed by atoms with Crippen molar-refractivity contribution in [3.05, 3.63) is 0 Å². The number of carbonyl (C=O) groups is 1. The minimum atomic E-state index is -0.572. The Bertz CT molecular complexity index is 161. The molecule has 0 aromatic carbocycles. The van der Waals surface area contributed by atoms with Gasteiger partial charge >= 0.3 is 5.97 Å². The van der Waals surface area contributed by atoms with Crippen LogP contribution in [0.5, 0.6) is 0 Å². The van der Waals surface area contributed by atoms with Crippen LogP contribution < -0.4 is 0 Å². The Morgan fingerprint density at radius 1 is 1.40 bits per heavy atom. The zero-order valence-electron chi connectivity index (χ0n) is 5.92. The Morgan fingerprint density at radius 3 is 2.40 bits per heavy atom. The quantitative estimate of drug-likeness (QED) is 0.631. The molecule has 2 atom stereocenters. The van der Waals surface area contributed by atoms with Gasteiger partial charge in [-0.15, -0.1) is 0 Å². The van der Waals surface area contributed by atoms with E-state index >= 15 is 0 Å². The molecule has 2 aliphatic carbocycles. The molecule has 0 radical (unpaired) electrons. The van der Waals surface area contributed by atoms with Crippen LogP contribution in [0.2, 0.25) is 0 Å². The largest absolute Gasteiger partial charge is 0.481 e. The van der Waals surface area contributed by atoms with Crippen LogP contribution in [0.15, 0.2) is 0 Å². The van der Waals surface area contributed by atoms with Crippen LogP contribution in [0, 0.1) is 17.8 Å². The topological polar surface area (TPSA) is 37.3 Å². The Morgan fingerprint density at radius 2 is 2.10 bits per heavy atom. The maximum atomic E-state index is 10.4. The van der Waals surface area contributed by atoms with Crippen LogP contribution in [-0.4, -0.2) is 11.1 Å². The minimum absolute atomic E-state index is 0.0327. The number of rotatable bonds is 2. The van der Waals surface area contributed by atoms with Crippen molar-refractivity contribution < 1.29 is 9.90 Å². The van der Waals surface area contributed by atoms with Gasteiger partial charge in [0.15, 0.2) is 0 Å². The molecule has 0 aromatic heterocycles. The van der Waals surface area contributed by atoms with Gasteiger partial charge in [-0.1, -0.05) is 19.3 Å². The molecule has 0 bridgehead atoms. The lowest BCUT2D eigenvalue weighted by atomic mass is 9.81. The second-order valence-electron chi connectivity index (χ2n) is 3.54. The third-order valence-corrected chi connectivity index (χ3v) is 2.91. The zero-order valence-corrected chi connectivity index (χ0v) is 5.92. The van der Waals surface area contributed by atoms with E-state index < -0.39 is 5.97 Å². The lowest BCUT2D eigenvalue weighted by Crippen LogP contribution is -2.15. The first kappa shape index (κ1) is 6.20. The molecule has 0 heterocycles. The fourth-order valence-electron chi connectivity index (χ4n) is 1.89. The summed E-state index contributed by atoms with van der Waals surface area (Å²) in [6.07, 6.45) is 4.86. The highest BCUT2D eigenvalue weighted by Crippen LogP contribution is 2.51. The van der Waals surface area contributed by atoms with E-state index in [1.54, 1.807) is 0 Å². The van der Waals surface area contributed by atoms with Gasteiger partial charge in [-0.2, -0.15) is 0 Å². The highest BCUT2D eigenvalue weighted by molar-refractivity contribution is 5.73. The van der Waals surface area contributed by atoms with Crippen molar-refractivity contribution in [3.63, 3.8) is 0 Å². The molecule has 2 aliphatic rings. The molecule has 2 saturated carbocycles. The Hall–Kier alpha value is -0.530. The Balaban J connectivity index is 1.83. The minimum Gasteiger partial charge on any atom is -0.481 e. The maximum absolute atomic E-state index is 10.4. The molecule has 2 nitrogen and oxygen atoms in total. The molecule has 0 amide bonds. The molecule has 56 valence electrons. The summed E-state index contributed by atoms with van der Waals surface area (Å²) in [6.45, 7) is 0. The summed E-state index contributed by atoms with van der Waals surface area (Å²) >= 11 is 0. The van der Waals surface area contributed by atoms with Gasteiger partial charge in [-0.25, -0.2) is 0 Å². The lowest BCUT2D eigenvalue weighted by molar-refractivity contribution is -0.139. The van der Waals surface area contributed by atoms with Gasteiger partial charge in [-0.3, -0.25) is 4.79 Å². The number of aliphatic carboxylic acids is 1. The van der Waals surface area contributed by atoms with Crippen LogP contribution in [0.3, 0.4) is 0 Å². The first-order valence-corrected chi connectivity index (χ1v) is 4.02. The second-order valence-corrected chi connectivity index (χ2v) is 3.54. The van der Waals surface area contributed by atoms with Crippen LogP contribution >= 0.6 is 0 Å². The molecule has 1 N–H and O–H groups in total. The predicted octanol–water partition coefficient (Wildman–Crippen LogP) is 1.51. The summed E-state index contributed by atoms with van der Waals surface area (Å²) in [5, 5.41) is 8.59. The van der Waals surface area contributed by atoms with E-state index in [0.29, 0.717) is 5.92 Å². The van der Waals surface area contributed by atoms with E-state index in [2.05, 4.69) is 0 Å². The van der Waals surface area contributed by atoms with E-state index in [-0.39, 0.29) is 5.92 Å². The number of hydrogen-bond acceptors (Lipinski definition) is 1. The number of carboxylic acid groups (broad SMARTS) is 1. The molecular formula is C8H12O2. The third kappa shape index (κ3) is 0.825. The summed E-state index contributed by atoms with van der Waals surface area (Å²) in [6, 6.07) is 0. The summed E-state index contributed by atoms with van der Waals surface area (Å²) in [7, 11) is 0. The van der Waals surface area contributed by atoms with E-state index in [1.807, 2.05) is 0 Å². The van der Waals surface area contributed by atoms with Crippen LogP contribution in [0.1, 0.15) is 25.7 Å². The van der Waals surface area contributed by atoms with Gasteiger partial charge < -0.3 is 5.11 Å². The first-order chi connectivity index (χ1) is 4.79. The first-order valence-electron chi connectivity index (χ1n) is 4.02. The van der Waals surface area contributed by atoms with Gasteiger partial charge in [0.05, 0.1) is 5.92 Å². The van der Waals surface area contributed by atoms with Gasteiger partial charge in [0, 0.05) is 0 Å². The van der Waals surface area contributed by atoms with Crippen molar-refractivity contribution >= 4 is 5.97 Å². The van der Waals surface area contributed by atoms with Gasteiger partial charge in [-0.05, 0) is 18.3 Å². The van der Waals surface area contributed by atoms with E-state index in [1.165, 1.54) is 19.3 Å². The molecule has 0 aromatic rings. The van der Waals surface area contributed by atoms with Crippen LogP contribution in [0.25, 0.3) is 0 Å². The van der Waals surface area contributed by atoms with Crippen molar-refractivity contribution in [1.29, 1.82) is 0 Å². The fraction of sp³-hybridized carbons (Fsp3) is 0.875. The van der Waals surface area contributed by atoms with Crippen LogP contribution in [0.4, 0.5) is 0 Å². The maximum Gasteiger partial charge on any atom is 0.306 e. The summed E-state index contributed by atoms with van der Waals surface area (Å²) in [5.74, 6) is 0.801. The van der Waals surface area contributed by atoms with E-state index in [0.717, 1.165) is 12.3 Å². The lowest BCUT2D eigenvalue weighted by Gasteiger charge is -2.25. The average Bonchev–Trinajstić information content (AvgIpc) is 2.40. The Kier molecular flexibility index (Phi) is 1.22. The monoisotopic (exact) mass is 140 g/mol. The molecule has 2 fully saturated rings. The van der Waals surface area contributed by atoms with Crippen molar-refractivity contribution in [2.24, 2.45) is 17.8 Å². The SMILES string of the molecule is O=C(O)C1CC1C1CCC1. The average molecular weight is 140 g/mol. The predicted molar refractivity (Wildman–Crippen MR) is 36.6 cm³/mol. The van der Waals surface area contributed by atoms with Gasteiger partial charge in [0.2, 0.25) is 0 Å². The molecule has 0 saturated heterocycles. The van der Waals surface area contributed by atoms with Crippen molar-refractivity contribution in [3.8, 4) is 0 Å². The van der Waals surface area contributed by atoms with E-state index in [9.17, 15) is 4.79 Å². The normalized spacial score (nSPS) is 38.8. The highest BCUT2D eigenvalue weighted by atomic mass is 16.4. The Labute approximate surface area is 60.2 Å². The number of carboxylic acids is 1. The van der Waals surface area contributed by atoms with Gasteiger partial charge in [0.25, 0.3) is 0 Å². The fourth-order valence-corrected chi connectivity index (χ4v) is 1.89. The summed E-state index contributed by atoms with van der Waals surface area (Å²) in [4.78, 5) is 10.4.